The second-order valence-electron chi connectivity index (χ2n) is 6.69. The maximum atomic E-state index is 11.4. The molecular formula is C21H14Na2O6S2. The van der Waals surface area contributed by atoms with Crippen LogP contribution in [0.2, 0.25) is 0 Å². The van der Waals surface area contributed by atoms with Crippen molar-refractivity contribution in [3.05, 3.63) is 83.9 Å². The first-order chi connectivity index (χ1) is 13.6. The van der Waals surface area contributed by atoms with Crippen molar-refractivity contribution in [1.29, 1.82) is 0 Å². The normalized spacial score (nSPS) is 11.7. The van der Waals surface area contributed by atoms with Gasteiger partial charge in [0.05, 0.1) is 9.79 Å². The average Bonchev–Trinajstić information content (AvgIpc) is 2.66. The molecule has 0 radical (unpaired) electrons. The van der Waals surface area contributed by atoms with E-state index in [2.05, 4.69) is 0 Å². The molecule has 31 heavy (non-hydrogen) atoms. The van der Waals surface area contributed by atoms with Crippen molar-refractivity contribution in [1.82, 2.24) is 0 Å². The third-order valence-corrected chi connectivity index (χ3v) is 6.51. The summed E-state index contributed by atoms with van der Waals surface area (Å²) in [4.78, 5) is -0.620. The second-order valence-corrected chi connectivity index (χ2v) is 9.44. The van der Waals surface area contributed by atoms with Gasteiger partial charge in [0.15, 0.2) is 0 Å². The molecule has 0 aliphatic rings. The van der Waals surface area contributed by atoms with Crippen LogP contribution in [0.5, 0.6) is 0 Å². The van der Waals surface area contributed by atoms with Crippen LogP contribution in [0.3, 0.4) is 0 Å². The zero-order valence-electron chi connectivity index (χ0n) is 16.9. The fourth-order valence-electron chi connectivity index (χ4n) is 3.46. The molecule has 4 rings (SSSR count). The van der Waals surface area contributed by atoms with Crippen LogP contribution in [0.25, 0.3) is 21.5 Å². The quantitative estimate of drug-likeness (QED) is 0.238. The van der Waals surface area contributed by atoms with Gasteiger partial charge < -0.3 is 9.11 Å². The number of fused-ring (bicyclic) bond motifs is 2. The number of hydrogen-bond acceptors (Lipinski definition) is 6. The van der Waals surface area contributed by atoms with Crippen LogP contribution < -0.4 is 59.1 Å². The van der Waals surface area contributed by atoms with Gasteiger partial charge >= 0.3 is 59.1 Å². The third kappa shape index (κ3) is 5.78. The summed E-state index contributed by atoms with van der Waals surface area (Å²) >= 11 is 0. The number of hydrogen-bond donors (Lipinski definition) is 0. The molecule has 10 heteroatoms. The minimum absolute atomic E-state index is 0. The van der Waals surface area contributed by atoms with Crippen LogP contribution in [0.4, 0.5) is 0 Å². The van der Waals surface area contributed by atoms with Crippen LogP contribution in [0.1, 0.15) is 11.1 Å². The molecule has 0 saturated carbocycles. The van der Waals surface area contributed by atoms with E-state index in [-0.39, 0.29) is 68.9 Å². The molecule has 0 unspecified atom stereocenters. The Morgan fingerprint density at radius 2 is 0.968 bits per heavy atom. The molecule has 6 nitrogen and oxygen atoms in total. The van der Waals surface area contributed by atoms with E-state index in [1.807, 2.05) is 36.4 Å². The van der Waals surface area contributed by atoms with E-state index in [9.17, 15) is 25.9 Å². The summed E-state index contributed by atoms with van der Waals surface area (Å²) in [7, 11) is -9.18. The molecule has 0 aromatic heterocycles. The maximum absolute atomic E-state index is 11.4. The van der Waals surface area contributed by atoms with E-state index < -0.39 is 20.2 Å². The van der Waals surface area contributed by atoms with Gasteiger partial charge in [-0.25, -0.2) is 16.8 Å². The Hall–Kier alpha value is -0.780. The molecule has 4 aromatic rings. The summed E-state index contributed by atoms with van der Waals surface area (Å²) in [5.41, 5.74) is 1.55. The Labute approximate surface area is 224 Å². The first kappa shape index (κ1) is 26.5. The van der Waals surface area contributed by atoms with Crippen LogP contribution in [0, 0.1) is 0 Å². The number of rotatable bonds is 4. The topological polar surface area (TPSA) is 114 Å². The van der Waals surface area contributed by atoms with E-state index in [1.165, 1.54) is 24.3 Å². The Balaban J connectivity index is 0.00000171. The van der Waals surface area contributed by atoms with E-state index in [0.29, 0.717) is 17.2 Å². The average molecular weight is 472 g/mol. The van der Waals surface area contributed by atoms with Crippen LogP contribution in [0.15, 0.2) is 82.6 Å². The fourth-order valence-corrected chi connectivity index (χ4v) is 4.45. The molecule has 0 heterocycles. The summed E-state index contributed by atoms with van der Waals surface area (Å²) in [5, 5.41) is 2.79. The molecule has 0 amide bonds. The second kappa shape index (κ2) is 10.0. The summed E-state index contributed by atoms with van der Waals surface area (Å²) in [6.45, 7) is 0. The summed E-state index contributed by atoms with van der Waals surface area (Å²) in [6, 6.07) is 19.3. The van der Waals surface area contributed by atoms with Crippen molar-refractivity contribution in [3.63, 3.8) is 0 Å². The standard InChI is InChI=1S/C21H16O6S2.2Na/c22-28(23,24)18-9-7-14-3-1-5-16(20(14)12-18)11-17-6-2-4-15-8-10-19(13-21(15)17)29(25,26)27;;/h1-10,12-13H,11H2,(H,22,23,24)(H,25,26,27);;/q;2*+1/p-2. The van der Waals surface area contributed by atoms with Crippen molar-refractivity contribution < 1.29 is 85.1 Å². The van der Waals surface area contributed by atoms with E-state index in [1.54, 1.807) is 12.1 Å². The van der Waals surface area contributed by atoms with Crippen LogP contribution in [-0.4, -0.2) is 25.9 Å². The van der Waals surface area contributed by atoms with Gasteiger partial charge in [-0.1, -0.05) is 48.5 Å². The minimum Gasteiger partial charge on any atom is -0.744 e. The smallest absolute Gasteiger partial charge is 0.744 e. The molecule has 0 atom stereocenters. The molecule has 0 N–H and O–H groups in total. The molecule has 0 saturated heterocycles. The molecule has 0 spiro atoms. The first-order valence-electron chi connectivity index (χ1n) is 8.58. The Bertz CT molecular complexity index is 1370. The van der Waals surface area contributed by atoms with Crippen molar-refractivity contribution >= 4 is 41.8 Å². The van der Waals surface area contributed by atoms with E-state index in [4.69, 9.17) is 0 Å². The number of benzene rings is 4. The van der Waals surface area contributed by atoms with Gasteiger partial charge in [-0.3, -0.25) is 0 Å². The van der Waals surface area contributed by atoms with E-state index in [0.717, 1.165) is 21.9 Å². The SMILES string of the molecule is O=S(=O)([O-])c1ccc2cccc(Cc3cccc4ccc(S(=O)(=O)[O-])cc34)c2c1.[Na+].[Na+]. The van der Waals surface area contributed by atoms with Crippen LogP contribution >= 0.6 is 0 Å². The van der Waals surface area contributed by atoms with E-state index >= 15 is 0 Å². The summed E-state index contributed by atoms with van der Waals surface area (Å²) < 4.78 is 68.5. The van der Waals surface area contributed by atoms with Crippen molar-refractivity contribution in [2.45, 2.75) is 16.2 Å². The molecule has 0 aliphatic heterocycles. The summed E-state index contributed by atoms with van der Waals surface area (Å²) in [5.74, 6) is 0. The molecule has 0 aliphatic carbocycles. The van der Waals surface area contributed by atoms with Gasteiger partial charge in [0, 0.05) is 0 Å². The van der Waals surface area contributed by atoms with Crippen molar-refractivity contribution in [3.8, 4) is 0 Å². The Morgan fingerprint density at radius 1 is 0.581 bits per heavy atom. The predicted octanol–water partition coefficient (Wildman–Crippen LogP) is -2.60. The zero-order valence-corrected chi connectivity index (χ0v) is 22.5. The monoisotopic (exact) mass is 472 g/mol. The maximum Gasteiger partial charge on any atom is 1.00 e. The molecule has 4 aromatic carbocycles. The summed E-state index contributed by atoms with van der Waals surface area (Å²) in [6.07, 6.45) is 0.361. The zero-order chi connectivity index (χ0) is 20.8. The first-order valence-corrected chi connectivity index (χ1v) is 11.4. The molecule has 0 bridgehead atoms. The fraction of sp³-hybridized carbons (Fsp3) is 0.0476. The van der Waals surface area contributed by atoms with Crippen molar-refractivity contribution in [2.75, 3.05) is 0 Å². The minimum atomic E-state index is -4.59. The van der Waals surface area contributed by atoms with Crippen LogP contribution in [-0.2, 0) is 26.7 Å². The van der Waals surface area contributed by atoms with Gasteiger partial charge in [-0.15, -0.1) is 0 Å². The van der Waals surface area contributed by atoms with Gasteiger partial charge in [0.25, 0.3) is 0 Å². The molecule has 0 fully saturated rings. The van der Waals surface area contributed by atoms with Gasteiger partial charge in [0.2, 0.25) is 0 Å². The Morgan fingerprint density at radius 3 is 1.32 bits per heavy atom. The van der Waals surface area contributed by atoms with Gasteiger partial charge in [0.1, 0.15) is 20.2 Å². The predicted molar refractivity (Wildman–Crippen MR) is 107 cm³/mol. The van der Waals surface area contributed by atoms with Crippen molar-refractivity contribution in [2.24, 2.45) is 0 Å². The van der Waals surface area contributed by atoms with Gasteiger partial charge in [-0.2, -0.15) is 0 Å². The third-order valence-electron chi connectivity index (χ3n) is 4.85. The molecule has 148 valence electrons. The van der Waals surface area contributed by atoms with Gasteiger partial charge in [-0.05, 0) is 63.4 Å². The largest absolute Gasteiger partial charge is 1.00 e. The molecular weight excluding hydrogens is 458 g/mol. The Kier molecular flexibility index (Phi) is 8.55.